The molecule has 3 aromatic rings. The fraction of sp³-hybridized carbons (Fsp3) is 0.0476. The molecule has 0 aliphatic carbocycles. The van der Waals surface area contributed by atoms with Crippen LogP contribution < -0.4 is 5.32 Å². The van der Waals surface area contributed by atoms with Gasteiger partial charge in [0, 0.05) is 21.9 Å². The van der Waals surface area contributed by atoms with Crippen molar-refractivity contribution in [2.45, 2.75) is 0 Å². The van der Waals surface area contributed by atoms with Gasteiger partial charge in [-0.2, -0.15) is 0 Å². The average Bonchev–Trinajstić information content (AvgIpc) is 3.17. The highest BCUT2D eigenvalue weighted by Gasteiger charge is 2.10. The number of ether oxygens (including phenoxy) is 1. The minimum Gasteiger partial charge on any atom is -0.452 e. The summed E-state index contributed by atoms with van der Waals surface area (Å²) in [6, 6.07) is 16.4. The van der Waals surface area contributed by atoms with Crippen LogP contribution in [-0.2, 0) is 14.3 Å². The van der Waals surface area contributed by atoms with Crippen molar-refractivity contribution in [1.82, 2.24) is 0 Å². The van der Waals surface area contributed by atoms with Gasteiger partial charge in [0.15, 0.2) is 6.61 Å². The molecule has 2 aromatic carbocycles. The molecule has 3 rings (SSSR count). The fourth-order valence-corrected chi connectivity index (χ4v) is 3.23. The Morgan fingerprint density at radius 3 is 2.57 bits per heavy atom. The van der Waals surface area contributed by atoms with Crippen molar-refractivity contribution < 1.29 is 23.1 Å². The van der Waals surface area contributed by atoms with Crippen LogP contribution in [0.2, 0.25) is 0 Å². The highest BCUT2D eigenvalue weighted by atomic mass is 32.1. The molecule has 0 fully saturated rings. The zero-order valence-electron chi connectivity index (χ0n) is 14.5. The van der Waals surface area contributed by atoms with Crippen LogP contribution in [0, 0.1) is 11.6 Å². The fourth-order valence-electron chi connectivity index (χ4n) is 2.31. The van der Waals surface area contributed by atoms with Crippen molar-refractivity contribution in [3.8, 4) is 10.4 Å². The minimum absolute atomic E-state index is 0.190. The molecule has 7 heteroatoms. The monoisotopic (exact) mass is 399 g/mol. The third-order valence-electron chi connectivity index (χ3n) is 3.62. The number of amides is 1. The third-order valence-corrected chi connectivity index (χ3v) is 4.72. The van der Waals surface area contributed by atoms with E-state index in [0.717, 1.165) is 27.5 Å². The van der Waals surface area contributed by atoms with Gasteiger partial charge in [0.2, 0.25) is 0 Å². The number of hydrogen-bond acceptors (Lipinski definition) is 4. The van der Waals surface area contributed by atoms with Gasteiger partial charge in [-0.1, -0.05) is 30.3 Å². The molecular formula is C21H15F2NO3S. The predicted octanol–water partition coefficient (Wildman–Crippen LogP) is 4.89. The van der Waals surface area contributed by atoms with Crippen molar-refractivity contribution in [3.05, 3.63) is 83.3 Å². The van der Waals surface area contributed by atoms with E-state index in [1.807, 2.05) is 42.5 Å². The molecule has 0 aliphatic heterocycles. The molecule has 0 radical (unpaired) electrons. The quantitative estimate of drug-likeness (QED) is 0.474. The average molecular weight is 399 g/mol. The first-order valence-electron chi connectivity index (χ1n) is 8.26. The Labute approximate surface area is 164 Å². The standard InChI is InChI=1S/C21H15F2NO3S/c22-15-6-9-18(17(23)12-15)24-20(25)13-27-21(26)11-8-16-7-10-19(28-16)14-4-2-1-3-5-14/h1-12H,13H2,(H,24,25)/b11-8+. The number of halogens is 2. The summed E-state index contributed by atoms with van der Waals surface area (Å²) in [7, 11) is 0. The van der Waals surface area contributed by atoms with Crippen LogP contribution >= 0.6 is 11.3 Å². The van der Waals surface area contributed by atoms with E-state index >= 15 is 0 Å². The molecule has 1 aromatic heterocycles. The van der Waals surface area contributed by atoms with E-state index in [1.54, 1.807) is 6.08 Å². The van der Waals surface area contributed by atoms with Gasteiger partial charge >= 0.3 is 5.97 Å². The Hall–Kier alpha value is -3.32. The van der Waals surface area contributed by atoms with Gasteiger partial charge in [0.05, 0.1) is 5.69 Å². The van der Waals surface area contributed by atoms with E-state index in [4.69, 9.17) is 4.74 Å². The van der Waals surface area contributed by atoms with Crippen LogP contribution in [0.15, 0.2) is 66.7 Å². The molecular weight excluding hydrogens is 384 g/mol. The van der Waals surface area contributed by atoms with Crippen molar-refractivity contribution >= 4 is 35.0 Å². The molecule has 142 valence electrons. The predicted molar refractivity (Wildman–Crippen MR) is 105 cm³/mol. The van der Waals surface area contributed by atoms with E-state index < -0.39 is 30.1 Å². The maximum Gasteiger partial charge on any atom is 0.331 e. The summed E-state index contributed by atoms with van der Waals surface area (Å²) in [6.45, 7) is -0.584. The van der Waals surface area contributed by atoms with Crippen LogP contribution in [0.25, 0.3) is 16.5 Å². The topological polar surface area (TPSA) is 55.4 Å². The summed E-state index contributed by atoms with van der Waals surface area (Å²) in [5.74, 6) is -3.10. The molecule has 0 saturated heterocycles. The van der Waals surface area contributed by atoms with Crippen LogP contribution in [0.1, 0.15) is 4.88 Å². The van der Waals surface area contributed by atoms with Crippen LogP contribution in [0.5, 0.6) is 0 Å². The zero-order valence-corrected chi connectivity index (χ0v) is 15.3. The summed E-state index contributed by atoms with van der Waals surface area (Å²) in [5.41, 5.74) is 0.893. The molecule has 1 amide bonds. The SMILES string of the molecule is O=C(COC(=O)/C=C/c1ccc(-c2ccccc2)s1)Nc1ccc(F)cc1F. The normalized spacial score (nSPS) is 10.8. The van der Waals surface area contributed by atoms with Crippen molar-refractivity contribution in [1.29, 1.82) is 0 Å². The lowest BCUT2D eigenvalue weighted by Crippen LogP contribution is -2.20. The highest BCUT2D eigenvalue weighted by Crippen LogP contribution is 2.28. The van der Waals surface area contributed by atoms with E-state index in [1.165, 1.54) is 17.4 Å². The first kappa shape index (κ1) is 19.4. The summed E-state index contributed by atoms with van der Waals surface area (Å²) in [4.78, 5) is 25.4. The number of benzene rings is 2. The molecule has 0 aliphatic rings. The van der Waals surface area contributed by atoms with E-state index in [9.17, 15) is 18.4 Å². The van der Waals surface area contributed by atoms with Crippen LogP contribution in [0.4, 0.5) is 14.5 Å². The molecule has 0 saturated carbocycles. The van der Waals surface area contributed by atoms with Gasteiger partial charge in [-0.05, 0) is 35.9 Å². The summed E-state index contributed by atoms with van der Waals surface area (Å²) >= 11 is 1.51. The number of anilines is 1. The van der Waals surface area contributed by atoms with Gasteiger partial charge in [0.1, 0.15) is 11.6 Å². The highest BCUT2D eigenvalue weighted by molar-refractivity contribution is 7.16. The summed E-state index contributed by atoms with van der Waals surface area (Å²) in [6.07, 6.45) is 2.81. The molecule has 0 unspecified atom stereocenters. The number of rotatable bonds is 6. The largest absolute Gasteiger partial charge is 0.452 e. The molecule has 4 nitrogen and oxygen atoms in total. The second kappa shape index (κ2) is 9.05. The maximum absolute atomic E-state index is 13.5. The minimum atomic E-state index is -0.911. The molecule has 0 spiro atoms. The lowest BCUT2D eigenvalue weighted by molar-refractivity contribution is -0.142. The van der Waals surface area contributed by atoms with E-state index in [0.29, 0.717) is 6.07 Å². The van der Waals surface area contributed by atoms with Gasteiger partial charge in [-0.3, -0.25) is 4.79 Å². The molecule has 0 bridgehead atoms. The third kappa shape index (κ3) is 5.34. The lowest BCUT2D eigenvalue weighted by atomic mass is 10.2. The Morgan fingerprint density at radius 2 is 1.82 bits per heavy atom. The first-order valence-corrected chi connectivity index (χ1v) is 9.08. The number of nitrogens with one attached hydrogen (secondary N) is 1. The van der Waals surface area contributed by atoms with E-state index in [-0.39, 0.29) is 5.69 Å². The number of thiophene rings is 1. The van der Waals surface area contributed by atoms with Gasteiger partial charge in [0.25, 0.3) is 5.91 Å². The second-order valence-corrected chi connectivity index (χ2v) is 6.80. The lowest BCUT2D eigenvalue weighted by Gasteiger charge is -2.06. The maximum atomic E-state index is 13.5. The number of carbonyl (C=O) groups excluding carboxylic acids is 2. The Morgan fingerprint density at radius 1 is 1.04 bits per heavy atom. The van der Waals surface area contributed by atoms with E-state index in [2.05, 4.69) is 5.32 Å². The van der Waals surface area contributed by atoms with Crippen molar-refractivity contribution in [2.24, 2.45) is 0 Å². The van der Waals surface area contributed by atoms with Crippen LogP contribution in [0.3, 0.4) is 0 Å². The Kier molecular flexibility index (Phi) is 6.29. The second-order valence-electron chi connectivity index (χ2n) is 5.68. The van der Waals surface area contributed by atoms with Crippen LogP contribution in [-0.4, -0.2) is 18.5 Å². The van der Waals surface area contributed by atoms with Gasteiger partial charge in [-0.15, -0.1) is 11.3 Å². The van der Waals surface area contributed by atoms with Gasteiger partial charge < -0.3 is 10.1 Å². The molecule has 1 heterocycles. The summed E-state index contributed by atoms with van der Waals surface area (Å²) < 4.78 is 31.1. The van der Waals surface area contributed by atoms with Crippen molar-refractivity contribution in [3.63, 3.8) is 0 Å². The molecule has 1 N–H and O–H groups in total. The van der Waals surface area contributed by atoms with Gasteiger partial charge in [-0.25, -0.2) is 13.6 Å². The zero-order chi connectivity index (χ0) is 19.9. The first-order chi connectivity index (χ1) is 13.5. The number of carbonyl (C=O) groups is 2. The number of esters is 1. The molecule has 28 heavy (non-hydrogen) atoms. The summed E-state index contributed by atoms with van der Waals surface area (Å²) in [5, 5.41) is 2.21. The molecule has 0 atom stereocenters. The smallest absolute Gasteiger partial charge is 0.331 e. The van der Waals surface area contributed by atoms with Crippen molar-refractivity contribution in [2.75, 3.05) is 11.9 Å². The Balaban J connectivity index is 1.50. The Bertz CT molecular complexity index is 1020. The number of hydrogen-bond donors (Lipinski definition) is 1.